The van der Waals surface area contributed by atoms with Crippen molar-refractivity contribution >= 4 is 38.9 Å². The van der Waals surface area contributed by atoms with Crippen LogP contribution in [0.5, 0.6) is 0 Å². The van der Waals surface area contributed by atoms with Gasteiger partial charge in [0.2, 0.25) is 0 Å². The summed E-state index contributed by atoms with van der Waals surface area (Å²) in [6.45, 7) is 0. The standard InChI is InChI=1S/C15H16BrN3O/c1-19(2)14-6-4-3-5-13(14)18-15(20)11-9-10(17)7-8-12(11)16/h3-9H,17H2,1-2H3,(H,18,20). The molecule has 0 aliphatic heterocycles. The molecule has 0 saturated heterocycles. The van der Waals surface area contributed by atoms with E-state index in [1.807, 2.05) is 43.3 Å². The zero-order chi connectivity index (χ0) is 14.7. The number of rotatable bonds is 3. The Labute approximate surface area is 126 Å². The van der Waals surface area contributed by atoms with E-state index in [-0.39, 0.29) is 5.91 Å². The van der Waals surface area contributed by atoms with Crippen molar-refractivity contribution in [2.75, 3.05) is 30.0 Å². The molecule has 0 aliphatic carbocycles. The molecular formula is C15H16BrN3O. The van der Waals surface area contributed by atoms with E-state index in [1.54, 1.807) is 18.2 Å². The van der Waals surface area contributed by atoms with Gasteiger partial charge in [-0.15, -0.1) is 0 Å². The van der Waals surface area contributed by atoms with Crippen LogP contribution >= 0.6 is 15.9 Å². The maximum absolute atomic E-state index is 12.3. The largest absolute Gasteiger partial charge is 0.399 e. The van der Waals surface area contributed by atoms with E-state index in [0.717, 1.165) is 11.4 Å². The minimum Gasteiger partial charge on any atom is -0.399 e. The quantitative estimate of drug-likeness (QED) is 0.847. The molecule has 2 aromatic rings. The first-order valence-electron chi connectivity index (χ1n) is 6.12. The lowest BCUT2D eigenvalue weighted by Gasteiger charge is -2.18. The summed E-state index contributed by atoms with van der Waals surface area (Å²) in [5.74, 6) is -0.196. The van der Waals surface area contributed by atoms with Gasteiger partial charge in [0, 0.05) is 24.3 Å². The van der Waals surface area contributed by atoms with Crippen molar-refractivity contribution in [3.05, 3.63) is 52.5 Å². The number of hydrogen-bond donors (Lipinski definition) is 2. The first-order chi connectivity index (χ1) is 9.49. The number of nitrogens with one attached hydrogen (secondary N) is 1. The van der Waals surface area contributed by atoms with Crippen LogP contribution in [0, 0.1) is 0 Å². The van der Waals surface area contributed by atoms with Crippen LogP contribution in [0.4, 0.5) is 17.1 Å². The van der Waals surface area contributed by atoms with Crippen LogP contribution in [0.1, 0.15) is 10.4 Å². The fourth-order valence-electron chi connectivity index (χ4n) is 1.88. The van der Waals surface area contributed by atoms with Crippen molar-refractivity contribution in [3.8, 4) is 0 Å². The van der Waals surface area contributed by atoms with Crippen molar-refractivity contribution in [3.63, 3.8) is 0 Å². The highest BCUT2D eigenvalue weighted by molar-refractivity contribution is 9.10. The summed E-state index contributed by atoms with van der Waals surface area (Å²) in [7, 11) is 3.86. The van der Waals surface area contributed by atoms with Gasteiger partial charge < -0.3 is 16.0 Å². The molecule has 4 nitrogen and oxygen atoms in total. The summed E-state index contributed by atoms with van der Waals surface area (Å²) in [5, 5.41) is 2.91. The number of carbonyl (C=O) groups is 1. The van der Waals surface area contributed by atoms with Crippen molar-refractivity contribution < 1.29 is 4.79 Å². The van der Waals surface area contributed by atoms with E-state index in [2.05, 4.69) is 21.2 Å². The van der Waals surface area contributed by atoms with Gasteiger partial charge in [0.1, 0.15) is 0 Å². The third-order valence-corrected chi connectivity index (χ3v) is 3.56. The van der Waals surface area contributed by atoms with Gasteiger partial charge in [0.05, 0.1) is 16.9 Å². The Hall–Kier alpha value is -2.01. The average Bonchev–Trinajstić information content (AvgIpc) is 2.41. The molecule has 1 amide bonds. The van der Waals surface area contributed by atoms with Gasteiger partial charge in [0.25, 0.3) is 5.91 Å². The topological polar surface area (TPSA) is 58.4 Å². The third kappa shape index (κ3) is 3.11. The Morgan fingerprint density at radius 3 is 2.60 bits per heavy atom. The van der Waals surface area contributed by atoms with Gasteiger partial charge in [-0.25, -0.2) is 0 Å². The molecule has 0 fully saturated rings. The van der Waals surface area contributed by atoms with Crippen molar-refractivity contribution in [2.45, 2.75) is 0 Å². The zero-order valence-corrected chi connectivity index (χ0v) is 12.9. The molecule has 0 bridgehead atoms. The van der Waals surface area contributed by atoms with Crippen LogP contribution in [-0.2, 0) is 0 Å². The highest BCUT2D eigenvalue weighted by Gasteiger charge is 2.13. The van der Waals surface area contributed by atoms with Crippen molar-refractivity contribution in [1.29, 1.82) is 0 Å². The Kier molecular flexibility index (Phi) is 4.29. The summed E-state index contributed by atoms with van der Waals surface area (Å²) >= 11 is 3.37. The molecule has 0 aliphatic rings. The maximum atomic E-state index is 12.3. The minimum absolute atomic E-state index is 0.196. The predicted octanol–water partition coefficient (Wildman–Crippen LogP) is 3.35. The Bertz CT molecular complexity index is 641. The molecular weight excluding hydrogens is 318 g/mol. The lowest BCUT2D eigenvalue weighted by molar-refractivity contribution is 0.102. The molecule has 3 N–H and O–H groups in total. The van der Waals surface area contributed by atoms with Gasteiger partial charge >= 0.3 is 0 Å². The van der Waals surface area contributed by atoms with Gasteiger partial charge in [-0.2, -0.15) is 0 Å². The summed E-state index contributed by atoms with van der Waals surface area (Å²) in [5.41, 5.74) is 8.50. The molecule has 2 aromatic carbocycles. The number of nitrogens with two attached hydrogens (primary N) is 1. The number of hydrogen-bond acceptors (Lipinski definition) is 3. The lowest BCUT2D eigenvalue weighted by Crippen LogP contribution is -2.17. The Balaban J connectivity index is 2.31. The summed E-state index contributed by atoms with van der Waals surface area (Å²) < 4.78 is 0.714. The van der Waals surface area contributed by atoms with Crippen LogP contribution in [0.15, 0.2) is 46.9 Å². The Morgan fingerprint density at radius 1 is 1.20 bits per heavy atom. The van der Waals surface area contributed by atoms with E-state index in [0.29, 0.717) is 15.7 Å². The second-order valence-electron chi connectivity index (χ2n) is 4.60. The van der Waals surface area contributed by atoms with Crippen molar-refractivity contribution in [1.82, 2.24) is 0 Å². The monoisotopic (exact) mass is 333 g/mol. The van der Waals surface area contributed by atoms with E-state index >= 15 is 0 Å². The predicted molar refractivity (Wildman–Crippen MR) is 87.3 cm³/mol. The van der Waals surface area contributed by atoms with E-state index in [4.69, 9.17) is 5.73 Å². The summed E-state index contributed by atoms with van der Waals surface area (Å²) in [6, 6.07) is 12.8. The molecule has 0 atom stereocenters. The van der Waals surface area contributed by atoms with E-state index < -0.39 is 0 Å². The first kappa shape index (κ1) is 14.4. The molecule has 2 rings (SSSR count). The molecule has 0 heterocycles. The molecule has 0 unspecified atom stereocenters. The maximum Gasteiger partial charge on any atom is 0.256 e. The van der Waals surface area contributed by atoms with Crippen molar-refractivity contribution in [2.24, 2.45) is 0 Å². The number of anilines is 3. The molecule has 0 aromatic heterocycles. The van der Waals surface area contributed by atoms with Crippen LogP contribution in [0.2, 0.25) is 0 Å². The smallest absolute Gasteiger partial charge is 0.256 e. The second kappa shape index (κ2) is 5.96. The lowest BCUT2D eigenvalue weighted by atomic mass is 10.1. The highest BCUT2D eigenvalue weighted by Crippen LogP contribution is 2.26. The van der Waals surface area contributed by atoms with Gasteiger partial charge in [-0.1, -0.05) is 12.1 Å². The number of nitrogen functional groups attached to an aromatic ring is 1. The van der Waals surface area contributed by atoms with Crippen LogP contribution in [-0.4, -0.2) is 20.0 Å². The fourth-order valence-corrected chi connectivity index (χ4v) is 2.30. The zero-order valence-electron chi connectivity index (χ0n) is 11.4. The van der Waals surface area contributed by atoms with Crippen LogP contribution in [0.3, 0.4) is 0 Å². The Morgan fingerprint density at radius 2 is 1.90 bits per heavy atom. The van der Waals surface area contributed by atoms with E-state index in [9.17, 15) is 4.79 Å². The molecule has 104 valence electrons. The number of amides is 1. The molecule has 0 radical (unpaired) electrons. The minimum atomic E-state index is -0.196. The number of benzene rings is 2. The summed E-state index contributed by atoms with van der Waals surface area (Å²) in [4.78, 5) is 14.3. The molecule has 5 heteroatoms. The van der Waals surface area contributed by atoms with Gasteiger partial charge in [-0.05, 0) is 46.3 Å². The molecule has 0 spiro atoms. The molecule has 20 heavy (non-hydrogen) atoms. The van der Waals surface area contributed by atoms with Crippen LogP contribution < -0.4 is 16.0 Å². The average molecular weight is 334 g/mol. The number of nitrogens with zero attached hydrogens (tertiary/aromatic N) is 1. The summed E-state index contributed by atoms with van der Waals surface area (Å²) in [6.07, 6.45) is 0. The third-order valence-electron chi connectivity index (χ3n) is 2.87. The number of carbonyl (C=O) groups excluding carboxylic acids is 1. The fraction of sp³-hybridized carbons (Fsp3) is 0.133. The normalized spacial score (nSPS) is 10.2. The van der Waals surface area contributed by atoms with E-state index in [1.165, 1.54) is 0 Å². The first-order valence-corrected chi connectivity index (χ1v) is 6.91. The number of halogens is 1. The van der Waals surface area contributed by atoms with Gasteiger partial charge in [0.15, 0.2) is 0 Å². The molecule has 0 saturated carbocycles. The number of para-hydroxylation sites is 2. The highest BCUT2D eigenvalue weighted by atomic mass is 79.9. The van der Waals surface area contributed by atoms with Crippen LogP contribution in [0.25, 0.3) is 0 Å². The SMILES string of the molecule is CN(C)c1ccccc1NC(=O)c1cc(N)ccc1Br. The second-order valence-corrected chi connectivity index (χ2v) is 5.46. The van der Waals surface area contributed by atoms with Gasteiger partial charge in [-0.3, -0.25) is 4.79 Å².